The Hall–Kier alpha value is -3.42. The number of methoxy groups -OCH3 is 2. The molecule has 8 heteroatoms. The van der Waals surface area contributed by atoms with Crippen molar-refractivity contribution in [3.05, 3.63) is 59.3 Å². The molecule has 0 atom stereocenters. The van der Waals surface area contributed by atoms with E-state index in [1.54, 1.807) is 6.07 Å². The summed E-state index contributed by atoms with van der Waals surface area (Å²) < 4.78 is 15.1. The lowest BCUT2D eigenvalue weighted by Crippen LogP contribution is -2.36. The van der Waals surface area contributed by atoms with E-state index in [0.29, 0.717) is 16.8 Å². The molecule has 1 saturated heterocycles. The van der Waals surface area contributed by atoms with Crippen LogP contribution in [0.4, 0.5) is 5.82 Å². The minimum Gasteiger partial charge on any atom is -0.468 e. The van der Waals surface area contributed by atoms with E-state index in [0.717, 1.165) is 31.5 Å². The molecule has 1 aliphatic carbocycles. The minimum absolute atomic E-state index is 0.136. The van der Waals surface area contributed by atoms with Crippen molar-refractivity contribution in [2.24, 2.45) is 5.41 Å². The molecule has 4 rings (SSSR count). The maximum Gasteiger partial charge on any atom is 0.342 e. The second-order valence-electron chi connectivity index (χ2n) is 8.64. The van der Waals surface area contributed by atoms with Gasteiger partial charge in [0.2, 0.25) is 0 Å². The van der Waals surface area contributed by atoms with Crippen molar-refractivity contribution in [1.29, 1.82) is 0 Å². The van der Waals surface area contributed by atoms with Gasteiger partial charge in [-0.3, -0.25) is 9.59 Å². The van der Waals surface area contributed by atoms with Crippen LogP contribution in [-0.4, -0.2) is 50.2 Å². The molecule has 2 fully saturated rings. The second-order valence-corrected chi connectivity index (χ2v) is 8.64. The largest absolute Gasteiger partial charge is 0.468 e. The van der Waals surface area contributed by atoms with Gasteiger partial charge in [-0.1, -0.05) is 30.3 Å². The van der Waals surface area contributed by atoms with Gasteiger partial charge in [-0.25, -0.2) is 9.78 Å². The van der Waals surface area contributed by atoms with Crippen LogP contribution in [0.2, 0.25) is 0 Å². The van der Waals surface area contributed by atoms with E-state index >= 15 is 0 Å². The number of esters is 3. The summed E-state index contributed by atoms with van der Waals surface area (Å²) in [7, 11) is 2.41. The van der Waals surface area contributed by atoms with Gasteiger partial charge in [-0.05, 0) is 48.8 Å². The number of hydrogen-bond donors (Lipinski definition) is 0. The first-order chi connectivity index (χ1) is 16.0. The molecule has 2 aliphatic rings. The van der Waals surface area contributed by atoms with E-state index in [1.807, 2.05) is 35.2 Å². The highest BCUT2D eigenvalue weighted by atomic mass is 16.5. The van der Waals surface area contributed by atoms with Crippen LogP contribution in [0.25, 0.3) is 0 Å². The SMILES string of the molecule is COC(=O)C(C(=O)OC)c1ccc(C(=O)OCc2ccccc2)c(N2CCC3(CC2)CC3)n1. The molecule has 1 spiro atoms. The smallest absolute Gasteiger partial charge is 0.342 e. The number of piperidine rings is 1. The number of ether oxygens (including phenoxy) is 3. The number of aromatic nitrogens is 1. The molecule has 1 aromatic carbocycles. The summed E-state index contributed by atoms with van der Waals surface area (Å²) in [6.07, 6.45) is 4.53. The molecule has 1 saturated carbocycles. The van der Waals surface area contributed by atoms with E-state index < -0.39 is 23.8 Å². The van der Waals surface area contributed by atoms with Crippen LogP contribution in [-0.2, 0) is 30.4 Å². The van der Waals surface area contributed by atoms with Crippen molar-refractivity contribution in [1.82, 2.24) is 4.98 Å². The van der Waals surface area contributed by atoms with Gasteiger partial charge in [0.15, 0.2) is 5.92 Å². The zero-order chi connectivity index (χ0) is 23.4. The highest BCUT2D eigenvalue weighted by molar-refractivity contribution is 6.01. The Morgan fingerprint density at radius 3 is 2.15 bits per heavy atom. The van der Waals surface area contributed by atoms with E-state index in [9.17, 15) is 14.4 Å². The molecular weight excluding hydrogens is 424 g/mol. The first-order valence-corrected chi connectivity index (χ1v) is 11.1. The predicted molar refractivity (Wildman–Crippen MR) is 120 cm³/mol. The Labute approximate surface area is 192 Å². The zero-order valence-corrected chi connectivity index (χ0v) is 18.9. The quantitative estimate of drug-likeness (QED) is 0.359. The third-order valence-electron chi connectivity index (χ3n) is 6.58. The predicted octanol–water partition coefficient (Wildman–Crippen LogP) is 3.25. The summed E-state index contributed by atoms with van der Waals surface area (Å²) in [4.78, 5) is 44.3. The lowest BCUT2D eigenvalue weighted by Gasteiger charge is -2.34. The monoisotopic (exact) mass is 452 g/mol. The fourth-order valence-corrected chi connectivity index (χ4v) is 4.27. The van der Waals surface area contributed by atoms with Gasteiger partial charge in [-0.15, -0.1) is 0 Å². The summed E-state index contributed by atoms with van der Waals surface area (Å²) in [6, 6.07) is 12.5. The normalized spacial score (nSPS) is 16.4. The van der Waals surface area contributed by atoms with Crippen LogP contribution in [0.1, 0.15) is 53.2 Å². The van der Waals surface area contributed by atoms with Gasteiger partial charge >= 0.3 is 17.9 Å². The lowest BCUT2D eigenvalue weighted by atomic mass is 9.93. The fourth-order valence-electron chi connectivity index (χ4n) is 4.27. The average Bonchev–Trinajstić information content (AvgIpc) is 3.62. The summed E-state index contributed by atoms with van der Waals surface area (Å²) in [6.45, 7) is 1.63. The number of rotatable bonds is 7. The van der Waals surface area contributed by atoms with E-state index in [-0.39, 0.29) is 12.3 Å². The number of benzene rings is 1. The van der Waals surface area contributed by atoms with Gasteiger partial charge in [0, 0.05) is 13.1 Å². The van der Waals surface area contributed by atoms with Gasteiger partial charge in [-0.2, -0.15) is 0 Å². The highest BCUT2D eigenvalue weighted by Crippen LogP contribution is 2.54. The van der Waals surface area contributed by atoms with Gasteiger partial charge in [0.25, 0.3) is 0 Å². The topological polar surface area (TPSA) is 95.0 Å². The Kier molecular flexibility index (Phi) is 6.62. The van der Waals surface area contributed by atoms with Crippen molar-refractivity contribution < 1.29 is 28.6 Å². The first-order valence-electron chi connectivity index (χ1n) is 11.1. The Bertz CT molecular complexity index is 1010. The molecule has 1 aliphatic heterocycles. The highest BCUT2D eigenvalue weighted by Gasteiger charge is 2.45. The van der Waals surface area contributed by atoms with E-state index in [2.05, 4.69) is 4.98 Å². The maximum absolute atomic E-state index is 13.0. The molecule has 8 nitrogen and oxygen atoms in total. The maximum atomic E-state index is 13.0. The number of nitrogens with zero attached hydrogens (tertiary/aromatic N) is 2. The summed E-state index contributed by atoms with van der Waals surface area (Å²) in [5.74, 6) is -2.95. The van der Waals surface area contributed by atoms with Crippen LogP contribution in [0.15, 0.2) is 42.5 Å². The summed E-state index contributed by atoms with van der Waals surface area (Å²) in [5, 5.41) is 0. The second kappa shape index (κ2) is 9.60. The van der Waals surface area contributed by atoms with Crippen molar-refractivity contribution in [3.8, 4) is 0 Å². The van der Waals surface area contributed by atoms with Gasteiger partial charge in [0.1, 0.15) is 18.0 Å². The van der Waals surface area contributed by atoms with Crippen molar-refractivity contribution in [2.45, 2.75) is 38.2 Å². The fraction of sp³-hybridized carbons (Fsp3) is 0.440. The van der Waals surface area contributed by atoms with Crippen molar-refractivity contribution in [2.75, 3.05) is 32.2 Å². The number of hydrogen-bond acceptors (Lipinski definition) is 8. The molecule has 1 aromatic heterocycles. The van der Waals surface area contributed by atoms with Crippen LogP contribution < -0.4 is 4.90 Å². The minimum atomic E-state index is -1.33. The molecule has 0 N–H and O–H groups in total. The Morgan fingerprint density at radius 2 is 1.58 bits per heavy atom. The van der Waals surface area contributed by atoms with Crippen LogP contribution in [0.3, 0.4) is 0 Å². The molecule has 0 unspecified atom stereocenters. The number of carbonyl (C=O) groups is 3. The van der Waals surface area contributed by atoms with E-state index in [4.69, 9.17) is 14.2 Å². The molecular formula is C25H28N2O6. The third kappa shape index (κ3) is 4.99. The third-order valence-corrected chi connectivity index (χ3v) is 6.58. The number of anilines is 1. The summed E-state index contributed by atoms with van der Waals surface area (Å²) >= 11 is 0. The molecule has 2 heterocycles. The zero-order valence-electron chi connectivity index (χ0n) is 18.9. The number of carbonyl (C=O) groups excluding carboxylic acids is 3. The van der Waals surface area contributed by atoms with Crippen LogP contribution >= 0.6 is 0 Å². The van der Waals surface area contributed by atoms with Gasteiger partial charge in [0.05, 0.1) is 19.9 Å². The molecule has 0 bridgehead atoms. The van der Waals surface area contributed by atoms with Crippen molar-refractivity contribution >= 4 is 23.7 Å². The molecule has 0 radical (unpaired) electrons. The van der Waals surface area contributed by atoms with E-state index in [1.165, 1.54) is 33.1 Å². The van der Waals surface area contributed by atoms with Crippen molar-refractivity contribution in [3.63, 3.8) is 0 Å². The average molecular weight is 453 g/mol. The molecule has 33 heavy (non-hydrogen) atoms. The lowest BCUT2D eigenvalue weighted by molar-refractivity contribution is -0.154. The Balaban J connectivity index is 1.63. The molecule has 174 valence electrons. The summed E-state index contributed by atoms with van der Waals surface area (Å²) in [5.41, 5.74) is 1.79. The molecule has 2 aromatic rings. The van der Waals surface area contributed by atoms with Crippen LogP contribution in [0.5, 0.6) is 0 Å². The number of pyridine rings is 1. The molecule has 0 amide bonds. The Morgan fingerprint density at radius 1 is 0.939 bits per heavy atom. The van der Waals surface area contributed by atoms with Gasteiger partial charge < -0.3 is 19.1 Å². The first kappa shape index (κ1) is 22.8. The van der Waals surface area contributed by atoms with Crippen LogP contribution in [0, 0.1) is 5.41 Å². The standard InChI is InChI=1S/C25H28N2O6/c1-31-23(29)20(24(30)32-2)19-9-8-18(22(28)33-16-17-6-4-3-5-7-17)21(26-19)27-14-12-25(10-11-25)13-15-27/h3-9,20H,10-16H2,1-2H3.